The van der Waals surface area contributed by atoms with E-state index < -0.39 is 0 Å². The summed E-state index contributed by atoms with van der Waals surface area (Å²) in [7, 11) is 0. The molecule has 0 aromatic carbocycles. The lowest BCUT2D eigenvalue weighted by Crippen LogP contribution is -2.36. The van der Waals surface area contributed by atoms with Crippen LogP contribution in [0.3, 0.4) is 0 Å². The quantitative estimate of drug-likeness (QED) is 0.872. The molecule has 1 aromatic rings. The maximum Gasteiger partial charge on any atom is 0.295 e. The minimum Gasteiger partial charge on any atom is -0.381 e. The second-order valence-electron chi connectivity index (χ2n) is 5.68. The van der Waals surface area contributed by atoms with Gasteiger partial charge in [-0.05, 0) is 32.7 Å². The molecule has 0 saturated carbocycles. The van der Waals surface area contributed by atoms with Gasteiger partial charge in [0.15, 0.2) is 0 Å². The van der Waals surface area contributed by atoms with Gasteiger partial charge in [-0.15, -0.1) is 0 Å². The van der Waals surface area contributed by atoms with E-state index in [1.54, 1.807) is 4.90 Å². The summed E-state index contributed by atoms with van der Waals surface area (Å²) in [6, 6.07) is 0.0948. The molecule has 1 N–H and O–H groups in total. The van der Waals surface area contributed by atoms with Crippen molar-refractivity contribution >= 4 is 5.91 Å². The predicted molar refractivity (Wildman–Crippen MR) is 74.8 cm³/mol. The summed E-state index contributed by atoms with van der Waals surface area (Å²) in [5, 5.41) is 7.14. The molecule has 2 saturated heterocycles. The topological polar surface area (TPSA) is 80.5 Å². The summed E-state index contributed by atoms with van der Waals surface area (Å²) in [6.07, 6.45) is 3.08. The van der Waals surface area contributed by atoms with Crippen molar-refractivity contribution in [3.05, 3.63) is 11.7 Å². The van der Waals surface area contributed by atoms with Crippen molar-refractivity contribution in [3.63, 3.8) is 0 Å². The van der Waals surface area contributed by atoms with Crippen molar-refractivity contribution in [2.45, 2.75) is 32.2 Å². The molecular weight excluding hydrogens is 272 g/mol. The number of carbonyl (C=O) groups is 1. The fourth-order valence-electron chi connectivity index (χ4n) is 2.89. The van der Waals surface area contributed by atoms with Crippen LogP contribution in [-0.2, 0) is 4.74 Å². The second kappa shape index (κ2) is 6.53. The SMILES string of the molecule is CCN(CC1CCOC1)C(=O)c1noc(C2CCCN2)n1. The first-order valence-electron chi connectivity index (χ1n) is 7.72. The Kier molecular flexibility index (Phi) is 4.50. The lowest BCUT2D eigenvalue weighted by Gasteiger charge is -2.22. The Labute approximate surface area is 124 Å². The van der Waals surface area contributed by atoms with Gasteiger partial charge in [-0.25, -0.2) is 0 Å². The maximum absolute atomic E-state index is 12.5. The Morgan fingerprint density at radius 3 is 3.05 bits per heavy atom. The summed E-state index contributed by atoms with van der Waals surface area (Å²) in [5.74, 6) is 0.949. The zero-order chi connectivity index (χ0) is 14.7. The molecule has 1 aromatic heterocycles. The predicted octanol–water partition coefficient (Wildman–Crippen LogP) is 0.993. The smallest absolute Gasteiger partial charge is 0.295 e. The molecule has 2 fully saturated rings. The summed E-state index contributed by atoms with van der Waals surface area (Å²) in [5.41, 5.74) is 0. The van der Waals surface area contributed by atoms with Crippen LogP contribution in [0.15, 0.2) is 4.52 Å². The van der Waals surface area contributed by atoms with Crippen LogP contribution in [-0.4, -0.2) is 53.8 Å². The highest BCUT2D eigenvalue weighted by Gasteiger charge is 2.28. The largest absolute Gasteiger partial charge is 0.381 e. The molecule has 0 bridgehead atoms. The van der Waals surface area contributed by atoms with Gasteiger partial charge in [0.1, 0.15) is 0 Å². The van der Waals surface area contributed by atoms with Gasteiger partial charge in [0, 0.05) is 25.6 Å². The Bertz CT molecular complexity index is 478. The monoisotopic (exact) mass is 294 g/mol. The summed E-state index contributed by atoms with van der Waals surface area (Å²) < 4.78 is 10.6. The average Bonchev–Trinajstić information content (AvgIpc) is 3.25. The van der Waals surface area contributed by atoms with Crippen molar-refractivity contribution in [1.29, 1.82) is 0 Å². The third-order valence-electron chi connectivity index (χ3n) is 4.16. The van der Waals surface area contributed by atoms with E-state index >= 15 is 0 Å². The highest BCUT2D eigenvalue weighted by atomic mass is 16.5. The molecule has 2 aliphatic rings. The van der Waals surface area contributed by atoms with Crippen LogP contribution in [0, 0.1) is 5.92 Å². The molecule has 3 rings (SSSR count). The van der Waals surface area contributed by atoms with E-state index in [2.05, 4.69) is 15.5 Å². The van der Waals surface area contributed by atoms with Gasteiger partial charge in [0.25, 0.3) is 11.7 Å². The van der Waals surface area contributed by atoms with Crippen molar-refractivity contribution in [2.24, 2.45) is 5.92 Å². The molecule has 2 atom stereocenters. The molecule has 21 heavy (non-hydrogen) atoms. The molecule has 7 heteroatoms. The minimum absolute atomic E-state index is 0.0948. The fourth-order valence-corrected chi connectivity index (χ4v) is 2.89. The van der Waals surface area contributed by atoms with Crippen LogP contribution in [0.25, 0.3) is 0 Å². The number of rotatable bonds is 5. The van der Waals surface area contributed by atoms with E-state index in [0.717, 1.165) is 39.0 Å². The van der Waals surface area contributed by atoms with E-state index in [-0.39, 0.29) is 17.8 Å². The van der Waals surface area contributed by atoms with E-state index in [1.165, 1.54) is 0 Å². The molecule has 0 aliphatic carbocycles. The average molecular weight is 294 g/mol. The maximum atomic E-state index is 12.5. The van der Waals surface area contributed by atoms with E-state index in [4.69, 9.17) is 9.26 Å². The molecule has 2 unspecified atom stereocenters. The molecule has 0 radical (unpaired) electrons. The zero-order valence-corrected chi connectivity index (χ0v) is 12.4. The fraction of sp³-hybridized carbons (Fsp3) is 0.786. The molecular formula is C14H22N4O3. The normalized spacial score (nSPS) is 25.4. The standard InChI is InChI=1S/C14H22N4O3/c1-2-18(8-10-5-7-20-9-10)14(19)12-16-13(21-17-12)11-4-3-6-15-11/h10-11,15H,2-9H2,1H3. The number of nitrogens with one attached hydrogen (secondary N) is 1. The molecule has 3 heterocycles. The van der Waals surface area contributed by atoms with Crippen molar-refractivity contribution in [3.8, 4) is 0 Å². The molecule has 1 amide bonds. The molecule has 2 aliphatic heterocycles. The van der Waals surface area contributed by atoms with Gasteiger partial charge < -0.3 is 19.5 Å². The van der Waals surface area contributed by atoms with Gasteiger partial charge in [-0.3, -0.25) is 4.79 Å². The number of nitrogens with zero attached hydrogens (tertiary/aromatic N) is 3. The first kappa shape index (κ1) is 14.5. The third-order valence-corrected chi connectivity index (χ3v) is 4.16. The Morgan fingerprint density at radius 2 is 2.38 bits per heavy atom. The van der Waals surface area contributed by atoms with Crippen LogP contribution in [0.2, 0.25) is 0 Å². The highest BCUT2D eigenvalue weighted by Crippen LogP contribution is 2.21. The Hall–Kier alpha value is -1.47. The summed E-state index contributed by atoms with van der Waals surface area (Å²) in [4.78, 5) is 18.5. The van der Waals surface area contributed by atoms with Gasteiger partial charge in [-0.2, -0.15) is 4.98 Å². The van der Waals surface area contributed by atoms with Gasteiger partial charge in [-0.1, -0.05) is 5.16 Å². The number of hydrogen-bond donors (Lipinski definition) is 1. The van der Waals surface area contributed by atoms with Crippen LogP contribution < -0.4 is 5.32 Å². The Balaban J connectivity index is 1.64. The number of hydrogen-bond acceptors (Lipinski definition) is 6. The lowest BCUT2D eigenvalue weighted by molar-refractivity contribution is 0.0715. The molecule has 7 nitrogen and oxygen atoms in total. The van der Waals surface area contributed by atoms with Crippen LogP contribution in [0.5, 0.6) is 0 Å². The summed E-state index contributed by atoms with van der Waals surface area (Å²) >= 11 is 0. The van der Waals surface area contributed by atoms with Crippen molar-refractivity contribution in [1.82, 2.24) is 20.4 Å². The van der Waals surface area contributed by atoms with E-state index in [1.807, 2.05) is 6.92 Å². The Morgan fingerprint density at radius 1 is 1.48 bits per heavy atom. The number of carbonyl (C=O) groups excluding carboxylic acids is 1. The molecule has 116 valence electrons. The first-order valence-corrected chi connectivity index (χ1v) is 7.72. The first-order chi connectivity index (χ1) is 10.3. The number of aromatic nitrogens is 2. The van der Waals surface area contributed by atoms with E-state index in [0.29, 0.717) is 24.9 Å². The van der Waals surface area contributed by atoms with Crippen LogP contribution >= 0.6 is 0 Å². The zero-order valence-electron chi connectivity index (χ0n) is 12.4. The third kappa shape index (κ3) is 3.24. The number of ether oxygens (including phenoxy) is 1. The van der Waals surface area contributed by atoms with Gasteiger partial charge in [0.05, 0.1) is 12.6 Å². The molecule has 0 spiro atoms. The lowest BCUT2D eigenvalue weighted by atomic mass is 10.1. The highest BCUT2D eigenvalue weighted by molar-refractivity contribution is 5.90. The second-order valence-corrected chi connectivity index (χ2v) is 5.68. The van der Waals surface area contributed by atoms with Gasteiger partial charge in [0.2, 0.25) is 5.89 Å². The van der Waals surface area contributed by atoms with Crippen molar-refractivity contribution < 1.29 is 14.1 Å². The minimum atomic E-state index is -0.155. The summed E-state index contributed by atoms with van der Waals surface area (Å²) in [6.45, 7) is 5.78. The number of amides is 1. The van der Waals surface area contributed by atoms with Crippen LogP contribution in [0.1, 0.15) is 48.7 Å². The van der Waals surface area contributed by atoms with Gasteiger partial charge >= 0.3 is 0 Å². The van der Waals surface area contributed by atoms with Crippen molar-refractivity contribution in [2.75, 3.05) is 32.8 Å². The van der Waals surface area contributed by atoms with E-state index in [9.17, 15) is 4.79 Å². The van der Waals surface area contributed by atoms with Crippen LogP contribution in [0.4, 0.5) is 0 Å².